The fraction of sp³-hybridized carbons (Fsp3) is 0.667. The molecule has 1 saturated carbocycles. The van der Waals surface area contributed by atoms with E-state index >= 15 is 0 Å². The van der Waals surface area contributed by atoms with E-state index in [1.165, 1.54) is 31.5 Å². The number of hydrogen-bond acceptors (Lipinski definition) is 3. The number of piperidine rings is 2. The van der Waals surface area contributed by atoms with Gasteiger partial charge in [0.2, 0.25) is 5.91 Å². The van der Waals surface area contributed by atoms with Crippen molar-refractivity contribution >= 4 is 35.8 Å². The molecule has 0 bridgehead atoms. The Balaban J connectivity index is 0.00000272. The highest BCUT2D eigenvalue weighted by Gasteiger charge is 2.32. The van der Waals surface area contributed by atoms with Crippen LogP contribution >= 0.6 is 24.0 Å². The summed E-state index contributed by atoms with van der Waals surface area (Å²) < 4.78 is 0. The molecular weight excluding hydrogens is 501 g/mol. The Hall–Kier alpha value is -1.35. The summed E-state index contributed by atoms with van der Waals surface area (Å²) in [5, 5.41) is 6.76. The molecule has 0 radical (unpaired) electrons. The van der Waals surface area contributed by atoms with E-state index in [9.17, 15) is 4.79 Å². The lowest BCUT2D eigenvalue weighted by Gasteiger charge is -2.34. The number of halogens is 1. The zero-order valence-corrected chi connectivity index (χ0v) is 21.1. The van der Waals surface area contributed by atoms with Gasteiger partial charge in [0.1, 0.15) is 0 Å². The first kappa shape index (κ1) is 24.3. The van der Waals surface area contributed by atoms with Crippen LogP contribution in [0.2, 0.25) is 0 Å². The van der Waals surface area contributed by atoms with Gasteiger partial charge in [-0.2, -0.15) is 0 Å². The number of aliphatic imine (C=N–C) groups is 1. The standard InChI is InChI=1S/C24H37N5O.HI/c1-25-24(27-21-11-15-28(16-12-21)22-7-8-22)26-18-23(30)29-13-9-20(10-14-29)17-19-5-3-2-4-6-19;/h2-6,20-22H,7-18H2,1H3,(H2,25,26,27);1H. The summed E-state index contributed by atoms with van der Waals surface area (Å²) in [6.45, 7) is 4.41. The van der Waals surface area contributed by atoms with Crippen LogP contribution in [-0.2, 0) is 11.2 Å². The predicted molar refractivity (Wildman–Crippen MR) is 137 cm³/mol. The normalized spacial score (nSPS) is 21.5. The fourth-order valence-corrected chi connectivity index (χ4v) is 4.84. The van der Waals surface area contributed by atoms with Crippen molar-refractivity contribution in [3.05, 3.63) is 35.9 Å². The monoisotopic (exact) mass is 539 g/mol. The van der Waals surface area contributed by atoms with Crippen LogP contribution in [0.5, 0.6) is 0 Å². The maximum absolute atomic E-state index is 12.7. The zero-order chi connectivity index (χ0) is 20.8. The summed E-state index contributed by atoms with van der Waals surface area (Å²) in [7, 11) is 1.79. The molecule has 4 rings (SSSR count). The van der Waals surface area contributed by atoms with Crippen LogP contribution in [0.3, 0.4) is 0 Å². The Bertz CT molecular complexity index is 708. The molecule has 0 unspecified atom stereocenters. The van der Waals surface area contributed by atoms with Gasteiger partial charge in [0, 0.05) is 45.3 Å². The molecule has 2 heterocycles. The average Bonchev–Trinajstić information content (AvgIpc) is 3.63. The van der Waals surface area contributed by atoms with E-state index in [2.05, 4.69) is 50.9 Å². The van der Waals surface area contributed by atoms with Crippen LogP contribution < -0.4 is 10.6 Å². The Morgan fingerprint density at radius 3 is 2.29 bits per heavy atom. The molecule has 31 heavy (non-hydrogen) atoms. The van der Waals surface area contributed by atoms with Gasteiger partial charge in [-0.05, 0) is 56.4 Å². The van der Waals surface area contributed by atoms with Crippen molar-refractivity contribution in [2.45, 2.75) is 57.0 Å². The van der Waals surface area contributed by atoms with Crippen LogP contribution in [0.1, 0.15) is 44.1 Å². The van der Waals surface area contributed by atoms with Crippen molar-refractivity contribution in [1.82, 2.24) is 20.4 Å². The molecular formula is C24H38IN5O. The molecule has 2 saturated heterocycles. The second-order valence-electron chi connectivity index (χ2n) is 9.13. The SMILES string of the molecule is CN=C(NCC(=O)N1CCC(Cc2ccccc2)CC1)NC1CCN(C2CC2)CC1.I. The van der Waals surface area contributed by atoms with Gasteiger partial charge in [0.05, 0.1) is 6.54 Å². The molecule has 1 aromatic carbocycles. The van der Waals surface area contributed by atoms with E-state index in [1.54, 1.807) is 7.05 Å². The number of nitrogens with one attached hydrogen (secondary N) is 2. The largest absolute Gasteiger partial charge is 0.354 e. The Kier molecular flexibility index (Phi) is 9.44. The van der Waals surface area contributed by atoms with E-state index in [0.29, 0.717) is 18.5 Å². The number of benzene rings is 1. The second kappa shape index (κ2) is 12.0. The summed E-state index contributed by atoms with van der Waals surface area (Å²) in [6, 6.07) is 12.0. The number of guanidine groups is 1. The number of rotatable bonds is 6. The Labute approximate surface area is 204 Å². The highest BCUT2D eigenvalue weighted by molar-refractivity contribution is 14.0. The van der Waals surface area contributed by atoms with Crippen LogP contribution in [-0.4, -0.2) is 73.5 Å². The summed E-state index contributed by atoms with van der Waals surface area (Å²) >= 11 is 0. The number of carbonyl (C=O) groups excluding carboxylic acids is 1. The van der Waals surface area contributed by atoms with Gasteiger partial charge in [-0.3, -0.25) is 9.79 Å². The van der Waals surface area contributed by atoms with Gasteiger partial charge in [0.25, 0.3) is 0 Å². The molecule has 172 valence electrons. The average molecular weight is 540 g/mol. The second-order valence-corrected chi connectivity index (χ2v) is 9.13. The van der Waals surface area contributed by atoms with E-state index in [0.717, 1.165) is 57.2 Å². The van der Waals surface area contributed by atoms with Crippen molar-refractivity contribution in [2.75, 3.05) is 39.8 Å². The number of hydrogen-bond donors (Lipinski definition) is 2. The molecule has 6 nitrogen and oxygen atoms in total. The summed E-state index contributed by atoms with van der Waals surface area (Å²) in [5.74, 6) is 1.62. The molecule has 0 spiro atoms. The minimum absolute atomic E-state index is 0. The van der Waals surface area contributed by atoms with Crippen molar-refractivity contribution in [3.8, 4) is 0 Å². The summed E-state index contributed by atoms with van der Waals surface area (Å²) in [4.78, 5) is 21.6. The van der Waals surface area contributed by atoms with E-state index in [-0.39, 0.29) is 29.9 Å². The van der Waals surface area contributed by atoms with E-state index in [4.69, 9.17) is 0 Å². The number of likely N-dealkylation sites (tertiary alicyclic amines) is 2. The van der Waals surface area contributed by atoms with Crippen molar-refractivity contribution in [3.63, 3.8) is 0 Å². The third-order valence-electron chi connectivity index (χ3n) is 6.90. The highest BCUT2D eigenvalue weighted by Crippen LogP contribution is 2.29. The Morgan fingerprint density at radius 2 is 1.68 bits per heavy atom. The third kappa shape index (κ3) is 7.34. The molecule has 2 aliphatic heterocycles. The molecule has 0 atom stereocenters. The maximum atomic E-state index is 12.7. The topological polar surface area (TPSA) is 60.0 Å². The van der Waals surface area contributed by atoms with Crippen molar-refractivity contribution in [2.24, 2.45) is 10.9 Å². The Morgan fingerprint density at radius 1 is 1.00 bits per heavy atom. The van der Waals surface area contributed by atoms with Gasteiger partial charge in [-0.25, -0.2) is 0 Å². The van der Waals surface area contributed by atoms with Crippen LogP contribution in [0, 0.1) is 5.92 Å². The molecule has 3 aliphatic rings. The first-order valence-corrected chi connectivity index (χ1v) is 11.7. The lowest BCUT2D eigenvalue weighted by atomic mass is 9.90. The summed E-state index contributed by atoms with van der Waals surface area (Å²) in [5.41, 5.74) is 1.40. The molecule has 1 aromatic rings. The third-order valence-corrected chi connectivity index (χ3v) is 6.90. The van der Waals surface area contributed by atoms with Gasteiger partial charge >= 0.3 is 0 Å². The molecule has 2 N–H and O–H groups in total. The number of amides is 1. The zero-order valence-electron chi connectivity index (χ0n) is 18.8. The minimum Gasteiger partial charge on any atom is -0.354 e. The van der Waals surface area contributed by atoms with E-state index in [1.807, 2.05) is 4.90 Å². The molecule has 1 aliphatic carbocycles. The lowest BCUT2D eigenvalue weighted by Crippen LogP contribution is -2.51. The summed E-state index contributed by atoms with van der Waals surface area (Å²) in [6.07, 6.45) is 8.37. The molecule has 3 fully saturated rings. The van der Waals surface area contributed by atoms with Crippen LogP contribution in [0.4, 0.5) is 0 Å². The van der Waals surface area contributed by atoms with Gasteiger partial charge in [0.15, 0.2) is 5.96 Å². The molecule has 1 amide bonds. The van der Waals surface area contributed by atoms with Gasteiger partial charge in [-0.1, -0.05) is 30.3 Å². The molecule has 7 heteroatoms. The first-order valence-electron chi connectivity index (χ1n) is 11.7. The van der Waals surface area contributed by atoms with E-state index < -0.39 is 0 Å². The smallest absolute Gasteiger partial charge is 0.241 e. The highest BCUT2D eigenvalue weighted by atomic mass is 127. The fourth-order valence-electron chi connectivity index (χ4n) is 4.84. The quantitative estimate of drug-likeness (QED) is 0.332. The predicted octanol–water partition coefficient (Wildman–Crippen LogP) is 2.88. The maximum Gasteiger partial charge on any atom is 0.241 e. The van der Waals surface area contributed by atoms with Crippen molar-refractivity contribution < 1.29 is 4.79 Å². The van der Waals surface area contributed by atoms with Crippen molar-refractivity contribution in [1.29, 1.82) is 0 Å². The first-order chi connectivity index (χ1) is 14.7. The van der Waals surface area contributed by atoms with Crippen LogP contribution in [0.15, 0.2) is 35.3 Å². The molecule has 0 aromatic heterocycles. The van der Waals surface area contributed by atoms with Crippen LogP contribution in [0.25, 0.3) is 0 Å². The number of nitrogens with zero attached hydrogens (tertiary/aromatic N) is 3. The lowest BCUT2D eigenvalue weighted by molar-refractivity contribution is -0.131. The van der Waals surface area contributed by atoms with Gasteiger partial charge < -0.3 is 20.4 Å². The minimum atomic E-state index is 0. The van der Waals surface area contributed by atoms with Gasteiger partial charge in [-0.15, -0.1) is 24.0 Å². The number of carbonyl (C=O) groups is 1.